The minimum atomic E-state index is -0.887. The third kappa shape index (κ3) is 2.73. The number of amides is 1. The fraction of sp³-hybridized carbons (Fsp3) is 0. The quantitative estimate of drug-likeness (QED) is 0.893. The molecule has 2 aromatic rings. The fourth-order valence-electron chi connectivity index (χ4n) is 1.47. The van der Waals surface area contributed by atoms with E-state index in [-0.39, 0.29) is 0 Å². The van der Waals surface area contributed by atoms with E-state index < -0.39 is 23.1 Å². The minimum absolute atomic E-state index is 0.456. The van der Waals surface area contributed by atoms with Crippen molar-refractivity contribution in [3.8, 4) is 0 Å². The van der Waals surface area contributed by atoms with Crippen molar-refractivity contribution in [2.45, 2.75) is 0 Å². The van der Waals surface area contributed by atoms with Gasteiger partial charge >= 0.3 is 0 Å². The second-order valence-electron chi connectivity index (χ2n) is 3.56. The van der Waals surface area contributed by atoms with Crippen LogP contribution in [0.3, 0.4) is 0 Å². The first-order chi connectivity index (χ1) is 8.58. The third-order valence-corrected chi connectivity index (χ3v) is 2.77. The van der Waals surface area contributed by atoms with E-state index in [9.17, 15) is 13.6 Å². The lowest BCUT2D eigenvalue weighted by Crippen LogP contribution is -2.15. The average Bonchev–Trinajstić information content (AvgIpc) is 2.28. The molecule has 2 rings (SSSR count). The van der Waals surface area contributed by atoms with E-state index >= 15 is 0 Å². The van der Waals surface area contributed by atoms with Crippen LogP contribution in [0.25, 0.3) is 0 Å². The highest BCUT2D eigenvalue weighted by Crippen LogP contribution is 2.18. The topological polar surface area (TPSA) is 29.1 Å². The van der Waals surface area contributed by atoms with Crippen LogP contribution in [0.2, 0.25) is 0 Å². The number of anilines is 1. The van der Waals surface area contributed by atoms with E-state index in [2.05, 4.69) is 21.2 Å². The number of halogens is 3. The summed E-state index contributed by atoms with van der Waals surface area (Å²) in [5.74, 6) is -2.59. The Morgan fingerprint density at radius 1 is 1.06 bits per heavy atom. The molecule has 0 aromatic heterocycles. The van der Waals surface area contributed by atoms with Crippen molar-refractivity contribution in [3.63, 3.8) is 0 Å². The summed E-state index contributed by atoms with van der Waals surface area (Å²) < 4.78 is 27.5. The molecule has 0 bridgehead atoms. The number of rotatable bonds is 2. The zero-order chi connectivity index (χ0) is 13.1. The summed E-state index contributed by atoms with van der Waals surface area (Å²) in [5, 5.41) is 2.43. The van der Waals surface area contributed by atoms with Crippen molar-refractivity contribution in [1.82, 2.24) is 0 Å². The number of hydrogen-bond acceptors (Lipinski definition) is 1. The first-order valence-corrected chi connectivity index (χ1v) is 5.88. The van der Waals surface area contributed by atoms with Gasteiger partial charge in [-0.2, -0.15) is 0 Å². The van der Waals surface area contributed by atoms with Crippen LogP contribution in [0.5, 0.6) is 0 Å². The Kier molecular flexibility index (Phi) is 3.72. The molecule has 0 radical (unpaired) electrons. The summed E-state index contributed by atoms with van der Waals surface area (Å²) >= 11 is 3.24. The Balaban J connectivity index is 2.28. The van der Waals surface area contributed by atoms with Crippen LogP contribution in [-0.4, -0.2) is 5.91 Å². The van der Waals surface area contributed by atoms with Gasteiger partial charge in [-0.1, -0.05) is 28.1 Å². The number of nitrogens with one attached hydrogen (secondary N) is 1. The molecule has 0 aliphatic rings. The molecular formula is C13H8BrF2NO. The molecule has 0 aliphatic heterocycles. The van der Waals surface area contributed by atoms with Gasteiger partial charge in [-0.3, -0.25) is 4.79 Å². The second kappa shape index (κ2) is 5.27. The SMILES string of the molecule is O=C(Nc1cccc(Br)c1)c1c(F)cccc1F. The Morgan fingerprint density at radius 2 is 1.67 bits per heavy atom. The molecule has 2 nitrogen and oxygen atoms in total. The van der Waals surface area contributed by atoms with Crippen molar-refractivity contribution >= 4 is 27.5 Å². The van der Waals surface area contributed by atoms with Crippen LogP contribution in [0.4, 0.5) is 14.5 Å². The van der Waals surface area contributed by atoms with Crippen LogP contribution in [0.1, 0.15) is 10.4 Å². The lowest BCUT2D eigenvalue weighted by atomic mass is 10.2. The standard InChI is InChI=1S/C13H8BrF2NO/c14-8-3-1-4-9(7-8)17-13(18)12-10(15)5-2-6-11(12)16/h1-7H,(H,17,18). The molecule has 5 heteroatoms. The summed E-state index contributed by atoms with van der Waals surface area (Å²) in [7, 11) is 0. The summed E-state index contributed by atoms with van der Waals surface area (Å²) in [4.78, 5) is 11.8. The molecule has 0 saturated carbocycles. The van der Waals surface area contributed by atoms with Crippen LogP contribution >= 0.6 is 15.9 Å². The second-order valence-corrected chi connectivity index (χ2v) is 4.48. The lowest BCUT2D eigenvalue weighted by molar-refractivity contribution is 0.101. The Labute approximate surface area is 111 Å². The number of benzene rings is 2. The monoisotopic (exact) mass is 311 g/mol. The fourth-order valence-corrected chi connectivity index (χ4v) is 1.87. The van der Waals surface area contributed by atoms with Gasteiger partial charge in [0.2, 0.25) is 0 Å². The first kappa shape index (κ1) is 12.7. The molecular weight excluding hydrogens is 304 g/mol. The average molecular weight is 312 g/mol. The zero-order valence-corrected chi connectivity index (χ0v) is 10.7. The summed E-state index contributed by atoms with van der Waals surface area (Å²) in [6.45, 7) is 0. The van der Waals surface area contributed by atoms with Gasteiger partial charge in [0.25, 0.3) is 5.91 Å². The van der Waals surface area contributed by atoms with Crippen molar-refractivity contribution in [2.24, 2.45) is 0 Å². The molecule has 0 unspecified atom stereocenters. The largest absolute Gasteiger partial charge is 0.322 e. The summed E-state index contributed by atoms with van der Waals surface area (Å²) in [5.41, 5.74) is -0.130. The predicted octanol–water partition coefficient (Wildman–Crippen LogP) is 3.98. The van der Waals surface area contributed by atoms with E-state index in [4.69, 9.17) is 0 Å². The molecule has 0 spiro atoms. The van der Waals surface area contributed by atoms with Crippen molar-refractivity contribution in [3.05, 3.63) is 64.1 Å². The van der Waals surface area contributed by atoms with Crippen molar-refractivity contribution in [1.29, 1.82) is 0 Å². The van der Waals surface area contributed by atoms with E-state index in [1.807, 2.05) is 0 Å². The van der Waals surface area contributed by atoms with E-state index in [1.165, 1.54) is 6.07 Å². The van der Waals surface area contributed by atoms with Gasteiger partial charge in [-0.15, -0.1) is 0 Å². The highest BCUT2D eigenvalue weighted by Gasteiger charge is 2.16. The molecule has 92 valence electrons. The first-order valence-electron chi connectivity index (χ1n) is 5.09. The Morgan fingerprint density at radius 3 is 2.28 bits per heavy atom. The maximum Gasteiger partial charge on any atom is 0.261 e. The van der Waals surface area contributed by atoms with Crippen LogP contribution in [0, 0.1) is 11.6 Å². The summed E-state index contributed by atoms with van der Waals surface area (Å²) in [6.07, 6.45) is 0. The Hall–Kier alpha value is -1.75. The number of carbonyl (C=O) groups is 1. The van der Waals surface area contributed by atoms with Gasteiger partial charge in [-0.05, 0) is 30.3 Å². The normalized spacial score (nSPS) is 10.2. The van der Waals surface area contributed by atoms with Crippen LogP contribution in [0.15, 0.2) is 46.9 Å². The maximum absolute atomic E-state index is 13.4. The van der Waals surface area contributed by atoms with E-state index in [0.29, 0.717) is 5.69 Å². The lowest BCUT2D eigenvalue weighted by Gasteiger charge is -2.07. The number of carbonyl (C=O) groups excluding carboxylic acids is 1. The highest BCUT2D eigenvalue weighted by molar-refractivity contribution is 9.10. The number of hydrogen-bond donors (Lipinski definition) is 1. The van der Waals surface area contributed by atoms with Crippen molar-refractivity contribution < 1.29 is 13.6 Å². The van der Waals surface area contributed by atoms with Gasteiger partial charge in [0.05, 0.1) is 0 Å². The summed E-state index contributed by atoms with van der Waals surface area (Å²) in [6, 6.07) is 10.0. The van der Waals surface area contributed by atoms with E-state index in [1.54, 1.807) is 24.3 Å². The molecule has 0 aliphatic carbocycles. The van der Waals surface area contributed by atoms with Gasteiger partial charge in [0.15, 0.2) is 0 Å². The smallest absolute Gasteiger partial charge is 0.261 e. The minimum Gasteiger partial charge on any atom is -0.322 e. The molecule has 0 atom stereocenters. The van der Waals surface area contributed by atoms with Crippen LogP contribution in [-0.2, 0) is 0 Å². The molecule has 2 aromatic carbocycles. The van der Waals surface area contributed by atoms with Gasteiger partial charge < -0.3 is 5.32 Å². The maximum atomic E-state index is 13.4. The molecule has 1 amide bonds. The Bertz CT molecular complexity index is 581. The van der Waals surface area contributed by atoms with Gasteiger partial charge in [-0.25, -0.2) is 8.78 Å². The molecule has 1 N–H and O–H groups in total. The molecule has 18 heavy (non-hydrogen) atoms. The van der Waals surface area contributed by atoms with Crippen LogP contribution < -0.4 is 5.32 Å². The third-order valence-electron chi connectivity index (χ3n) is 2.27. The molecule has 0 saturated heterocycles. The van der Waals surface area contributed by atoms with Gasteiger partial charge in [0.1, 0.15) is 17.2 Å². The zero-order valence-electron chi connectivity index (χ0n) is 9.08. The van der Waals surface area contributed by atoms with Crippen molar-refractivity contribution in [2.75, 3.05) is 5.32 Å². The molecule has 0 fully saturated rings. The molecule has 0 heterocycles. The van der Waals surface area contributed by atoms with Gasteiger partial charge in [0, 0.05) is 10.2 Å². The van der Waals surface area contributed by atoms with E-state index in [0.717, 1.165) is 16.6 Å². The predicted molar refractivity (Wildman–Crippen MR) is 68.5 cm³/mol. The highest BCUT2D eigenvalue weighted by atomic mass is 79.9.